The number of ether oxygens (including phenoxy) is 1. The van der Waals surface area contributed by atoms with Gasteiger partial charge in [-0.05, 0) is 53.9 Å². The predicted octanol–water partition coefficient (Wildman–Crippen LogP) is 4.40. The second-order valence-electron chi connectivity index (χ2n) is 6.08. The predicted molar refractivity (Wildman–Crippen MR) is 103 cm³/mol. The van der Waals surface area contributed by atoms with Crippen molar-refractivity contribution in [2.45, 2.75) is 19.9 Å². The van der Waals surface area contributed by atoms with E-state index in [1.54, 1.807) is 23.2 Å². The molecule has 0 N–H and O–H groups in total. The normalized spacial score (nSPS) is 10.4. The monoisotopic (exact) mass is 364 g/mol. The summed E-state index contributed by atoms with van der Waals surface area (Å²) in [7, 11) is 0. The van der Waals surface area contributed by atoms with Crippen LogP contribution in [0.3, 0.4) is 0 Å². The highest BCUT2D eigenvalue weighted by Gasteiger charge is 2.18. The summed E-state index contributed by atoms with van der Waals surface area (Å²) in [5, 5.41) is 0. The zero-order valence-corrected chi connectivity index (χ0v) is 15.1. The molecule has 3 aromatic rings. The van der Waals surface area contributed by atoms with Crippen LogP contribution in [-0.4, -0.2) is 17.5 Å². The molecule has 0 fully saturated rings. The Bertz CT molecular complexity index is 865. The highest BCUT2D eigenvalue weighted by Crippen LogP contribution is 2.17. The molecule has 1 heterocycles. The average Bonchev–Trinajstić information content (AvgIpc) is 2.72. The van der Waals surface area contributed by atoms with Gasteiger partial charge in [0.05, 0.1) is 6.54 Å². The minimum Gasteiger partial charge on any atom is -0.484 e. The number of pyridine rings is 1. The van der Waals surface area contributed by atoms with Gasteiger partial charge in [-0.3, -0.25) is 9.69 Å². The van der Waals surface area contributed by atoms with Crippen molar-refractivity contribution in [3.8, 4) is 5.75 Å². The maximum atomic E-state index is 13.0. The fraction of sp³-hybridized carbons (Fsp3) is 0.182. The molecule has 2 aromatic carbocycles. The van der Waals surface area contributed by atoms with E-state index in [0.29, 0.717) is 18.1 Å². The van der Waals surface area contributed by atoms with Crippen molar-refractivity contribution in [1.82, 2.24) is 4.98 Å². The zero-order valence-electron chi connectivity index (χ0n) is 15.1. The van der Waals surface area contributed by atoms with Gasteiger partial charge in [-0.25, -0.2) is 9.37 Å². The van der Waals surface area contributed by atoms with Crippen molar-refractivity contribution in [1.29, 1.82) is 0 Å². The van der Waals surface area contributed by atoms with Gasteiger partial charge < -0.3 is 4.74 Å². The van der Waals surface area contributed by atoms with Crippen LogP contribution in [0.1, 0.15) is 18.1 Å². The molecule has 0 bridgehead atoms. The number of amides is 1. The number of benzene rings is 2. The lowest BCUT2D eigenvalue weighted by molar-refractivity contribution is -0.120. The number of carbonyl (C=O) groups is 1. The Labute approximate surface area is 158 Å². The molecular formula is C22H21FN2O2. The molecule has 0 spiro atoms. The summed E-state index contributed by atoms with van der Waals surface area (Å²) in [6.45, 7) is 2.34. The summed E-state index contributed by atoms with van der Waals surface area (Å²) >= 11 is 0. The first-order valence-electron chi connectivity index (χ1n) is 8.83. The minimum atomic E-state index is -0.348. The molecule has 0 aliphatic heterocycles. The van der Waals surface area contributed by atoms with Crippen LogP contribution in [0.25, 0.3) is 0 Å². The molecule has 0 saturated carbocycles. The number of aryl methyl sites for hydroxylation is 1. The molecule has 1 aromatic heterocycles. The fourth-order valence-electron chi connectivity index (χ4n) is 2.63. The molecule has 1 amide bonds. The first-order chi connectivity index (χ1) is 13.2. The highest BCUT2D eigenvalue weighted by molar-refractivity contribution is 5.93. The van der Waals surface area contributed by atoms with Crippen LogP contribution in [0.15, 0.2) is 72.9 Å². The Morgan fingerprint density at radius 2 is 1.70 bits per heavy atom. The third-order valence-electron chi connectivity index (χ3n) is 4.17. The van der Waals surface area contributed by atoms with Gasteiger partial charge in [-0.2, -0.15) is 0 Å². The van der Waals surface area contributed by atoms with Crippen molar-refractivity contribution >= 4 is 11.7 Å². The number of aromatic nitrogens is 1. The van der Waals surface area contributed by atoms with Crippen LogP contribution < -0.4 is 9.64 Å². The average molecular weight is 364 g/mol. The van der Waals surface area contributed by atoms with Gasteiger partial charge in [0.1, 0.15) is 17.4 Å². The smallest absolute Gasteiger partial charge is 0.266 e. The SMILES string of the molecule is CCc1ccc(CN(C(=O)COc2ccc(F)cc2)c2ccccn2)cc1. The molecule has 5 heteroatoms. The molecule has 0 atom stereocenters. The standard InChI is InChI=1S/C22H21FN2O2/c1-2-17-6-8-18(9-7-17)15-25(21-5-3-4-14-24-21)22(26)16-27-20-12-10-19(23)11-13-20/h3-14H,2,15-16H2,1H3. The molecule has 0 radical (unpaired) electrons. The molecule has 4 nitrogen and oxygen atoms in total. The molecule has 0 saturated heterocycles. The van der Waals surface area contributed by atoms with Crippen LogP contribution in [0, 0.1) is 5.82 Å². The van der Waals surface area contributed by atoms with E-state index in [-0.39, 0.29) is 18.3 Å². The highest BCUT2D eigenvalue weighted by atomic mass is 19.1. The van der Waals surface area contributed by atoms with E-state index in [4.69, 9.17) is 4.74 Å². The Kier molecular flexibility index (Phi) is 6.15. The quantitative estimate of drug-likeness (QED) is 0.624. The summed E-state index contributed by atoms with van der Waals surface area (Å²) in [5.74, 6) is 0.430. The number of hydrogen-bond acceptors (Lipinski definition) is 3. The number of hydrogen-bond donors (Lipinski definition) is 0. The first kappa shape index (κ1) is 18.6. The molecular weight excluding hydrogens is 343 g/mol. The molecule has 27 heavy (non-hydrogen) atoms. The first-order valence-corrected chi connectivity index (χ1v) is 8.83. The summed E-state index contributed by atoms with van der Waals surface area (Å²) < 4.78 is 18.5. The largest absolute Gasteiger partial charge is 0.484 e. The van der Waals surface area contributed by atoms with Crippen LogP contribution in [-0.2, 0) is 17.8 Å². The number of carbonyl (C=O) groups excluding carboxylic acids is 1. The molecule has 0 aliphatic carbocycles. The van der Waals surface area contributed by atoms with Gasteiger partial charge in [-0.1, -0.05) is 37.3 Å². The number of halogens is 1. The number of nitrogens with zero attached hydrogens (tertiary/aromatic N) is 2. The lowest BCUT2D eigenvalue weighted by atomic mass is 10.1. The van der Waals surface area contributed by atoms with E-state index in [0.717, 1.165) is 12.0 Å². The van der Waals surface area contributed by atoms with Crippen LogP contribution in [0.4, 0.5) is 10.2 Å². The van der Waals surface area contributed by atoms with Crippen molar-refractivity contribution in [3.05, 3.63) is 89.9 Å². The van der Waals surface area contributed by atoms with Gasteiger partial charge in [0.15, 0.2) is 6.61 Å². The van der Waals surface area contributed by atoms with Crippen molar-refractivity contribution in [2.24, 2.45) is 0 Å². The fourth-order valence-corrected chi connectivity index (χ4v) is 2.63. The Balaban J connectivity index is 1.74. The van der Waals surface area contributed by atoms with Gasteiger partial charge in [0.25, 0.3) is 5.91 Å². The van der Waals surface area contributed by atoms with Crippen LogP contribution in [0.5, 0.6) is 5.75 Å². The Morgan fingerprint density at radius 3 is 2.33 bits per heavy atom. The van der Waals surface area contributed by atoms with E-state index in [1.165, 1.54) is 29.8 Å². The third-order valence-corrected chi connectivity index (χ3v) is 4.17. The molecule has 0 aliphatic rings. The summed E-state index contributed by atoms with van der Waals surface area (Å²) in [4.78, 5) is 18.7. The van der Waals surface area contributed by atoms with E-state index < -0.39 is 0 Å². The number of rotatable bonds is 7. The van der Waals surface area contributed by atoms with Crippen LogP contribution in [0.2, 0.25) is 0 Å². The van der Waals surface area contributed by atoms with Crippen molar-refractivity contribution < 1.29 is 13.9 Å². The topological polar surface area (TPSA) is 42.4 Å². The van der Waals surface area contributed by atoms with E-state index >= 15 is 0 Å². The van der Waals surface area contributed by atoms with Gasteiger partial charge in [0.2, 0.25) is 0 Å². The molecule has 138 valence electrons. The maximum absolute atomic E-state index is 13.0. The Hall–Kier alpha value is -3.21. The third kappa shape index (κ3) is 5.14. The second kappa shape index (κ2) is 8.94. The van der Waals surface area contributed by atoms with E-state index in [1.807, 2.05) is 18.2 Å². The molecule has 0 unspecified atom stereocenters. The lowest BCUT2D eigenvalue weighted by Crippen LogP contribution is -2.35. The van der Waals surface area contributed by atoms with Crippen LogP contribution >= 0.6 is 0 Å². The molecule has 3 rings (SSSR count). The summed E-state index contributed by atoms with van der Waals surface area (Å²) in [6.07, 6.45) is 2.62. The maximum Gasteiger partial charge on any atom is 0.266 e. The summed E-state index contributed by atoms with van der Waals surface area (Å²) in [5.41, 5.74) is 2.25. The van der Waals surface area contributed by atoms with Gasteiger partial charge >= 0.3 is 0 Å². The zero-order chi connectivity index (χ0) is 19.1. The lowest BCUT2D eigenvalue weighted by Gasteiger charge is -2.22. The van der Waals surface area contributed by atoms with Crippen molar-refractivity contribution in [2.75, 3.05) is 11.5 Å². The van der Waals surface area contributed by atoms with Gasteiger partial charge in [0, 0.05) is 6.20 Å². The summed E-state index contributed by atoms with van der Waals surface area (Å²) in [6, 6.07) is 19.2. The van der Waals surface area contributed by atoms with Crippen molar-refractivity contribution in [3.63, 3.8) is 0 Å². The van der Waals surface area contributed by atoms with E-state index in [2.05, 4.69) is 24.0 Å². The second-order valence-corrected chi connectivity index (χ2v) is 6.08. The van der Waals surface area contributed by atoms with Gasteiger partial charge in [-0.15, -0.1) is 0 Å². The Morgan fingerprint density at radius 1 is 1.00 bits per heavy atom. The van der Waals surface area contributed by atoms with E-state index in [9.17, 15) is 9.18 Å². The minimum absolute atomic E-state index is 0.157. The number of anilines is 1.